The summed E-state index contributed by atoms with van der Waals surface area (Å²) in [5.74, 6) is 2.23. The summed E-state index contributed by atoms with van der Waals surface area (Å²) in [6, 6.07) is 0. The maximum absolute atomic E-state index is 11.6. The van der Waals surface area contributed by atoms with Crippen LogP contribution >= 0.6 is 0 Å². The Morgan fingerprint density at radius 3 is 2.46 bits per heavy atom. The Kier molecular flexibility index (Phi) is 6.54. The topological polar surface area (TPSA) is 117 Å². The van der Waals surface area contributed by atoms with Crippen molar-refractivity contribution in [1.29, 1.82) is 0 Å². The van der Waals surface area contributed by atoms with E-state index in [0.29, 0.717) is 48.7 Å². The summed E-state index contributed by atoms with van der Waals surface area (Å²) >= 11 is 0. The Balaban J connectivity index is 1.39. The van der Waals surface area contributed by atoms with Gasteiger partial charge >= 0.3 is 10.4 Å². The van der Waals surface area contributed by atoms with Crippen LogP contribution in [0.5, 0.6) is 0 Å². The maximum atomic E-state index is 11.6. The maximum Gasteiger partial charge on any atom is 0.397 e. The van der Waals surface area contributed by atoms with E-state index in [4.69, 9.17) is 8.92 Å². The number of epoxide rings is 1. The van der Waals surface area contributed by atoms with E-state index in [2.05, 4.69) is 40.7 Å². The second-order valence-corrected chi connectivity index (χ2v) is 14.3. The number of hydrogen-bond acceptors (Lipinski definition) is 6. The molecular weight excluding hydrogens is 468 g/mol. The Hall–Kier alpha value is -0.510. The van der Waals surface area contributed by atoms with Crippen molar-refractivity contribution < 1.29 is 32.1 Å². The Bertz CT molecular complexity index is 963. The molecule has 12 atom stereocenters. The number of ether oxygens (including phenoxy) is 1. The molecule has 1 aliphatic heterocycles. The molecule has 4 fully saturated rings. The molecule has 7 nitrogen and oxygen atoms in total. The predicted octanol–water partition coefficient (Wildman–Crippen LogP) is 4.14. The summed E-state index contributed by atoms with van der Waals surface area (Å²) in [6.45, 7) is 11.5. The van der Waals surface area contributed by atoms with Gasteiger partial charge in [0.15, 0.2) is 0 Å². The molecule has 0 amide bonds. The fraction of sp³-hybridized carbons (Fsp3) is 0.926. The summed E-state index contributed by atoms with van der Waals surface area (Å²) in [4.78, 5) is 0. The van der Waals surface area contributed by atoms with Crippen LogP contribution < -0.4 is 0 Å². The molecule has 35 heavy (non-hydrogen) atoms. The second kappa shape index (κ2) is 8.77. The van der Waals surface area contributed by atoms with Gasteiger partial charge in [0.05, 0.1) is 18.3 Å². The molecule has 3 N–H and O–H groups in total. The molecule has 0 aromatic carbocycles. The van der Waals surface area contributed by atoms with Gasteiger partial charge in [0.25, 0.3) is 0 Å². The van der Waals surface area contributed by atoms with Crippen molar-refractivity contribution in [3.8, 4) is 0 Å². The van der Waals surface area contributed by atoms with Crippen LogP contribution in [0.25, 0.3) is 0 Å². The molecule has 0 spiro atoms. The van der Waals surface area contributed by atoms with Crippen molar-refractivity contribution in [1.82, 2.24) is 0 Å². The molecule has 4 aliphatic carbocycles. The average molecular weight is 513 g/mol. The zero-order valence-corrected chi connectivity index (χ0v) is 22.6. The molecule has 0 bridgehead atoms. The molecule has 5 aliphatic rings. The second-order valence-electron chi connectivity index (χ2n) is 13.3. The lowest BCUT2D eigenvalue weighted by atomic mass is 9.47. The molecule has 5 rings (SSSR count). The molecule has 0 radical (unpaired) electrons. The lowest BCUT2D eigenvalue weighted by Gasteiger charge is -2.59. The predicted molar refractivity (Wildman–Crippen MR) is 132 cm³/mol. The lowest BCUT2D eigenvalue weighted by molar-refractivity contribution is -0.165. The molecule has 1 saturated heterocycles. The van der Waals surface area contributed by atoms with Gasteiger partial charge in [-0.2, -0.15) is 8.42 Å². The smallest absolute Gasteiger partial charge is 0.390 e. The van der Waals surface area contributed by atoms with Crippen molar-refractivity contribution in [2.75, 3.05) is 0 Å². The first-order valence-electron chi connectivity index (χ1n) is 13.6. The fourth-order valence-electron chi connectivity index (χ4n) is 9.28. The summed E-state index contributed by atoms with van der Waals surface area (Å²) in [7, 11) is -4.75. The molecule has 3 saturated carbocycles. The third-order valence-electron chi connectivity index (χ3n) is 10.9. The number of aliphatic hydroxyl groups excluding tert-OH is 2. The zero-order chi connectivity index (χ0) is 25.5. The Morgan fingerprint density at radius 1 is 1.11 bits per heavy atom. The van der Waals surface area contributed by atoms with E-state index in [0.717, 1.165) is 25.7 Å². The standard InChI is InChI=1S/C27H44O7S/c1-14(2)12-22-24(33-22)15(3)17-8-9-18-16-6-7-20-25(34-35(30,31)32)23(29)21(28)13-27(20,5)19(16)10-11-26(17,18)4/h6,14-15,17-25,28-29H,7-13H2,1-5H3,(H,30,31,32)/t15-,17+,18-,19-,20-,21+,22-,23-,24-,25-,26+,27+/m0/s1. The van der Waals surface area contributed by atoms with E-state index in [-0.39, 0.29) is 17.3 Å². The molecule has 0 aromatic rings. The third kappa shape index (κ3) is 4.34. The van der Waals surface area contributed by atoms with Gasteiger partial charge in [-0.25, -0.2) is 4.18 Å². The third-order valence-corrected chi connectivity index (χ3v) is 11.4. The van der Waals surface area contributed by atoms with Crippen molar-refractivity contribution in [3.05, 3.63) is 11.6 Å². The number of fused-ring (bicyclic) bond motifs is 5. The monoisotopic (exact) mass is 512 g/mol. The van der Waals surface area contributed by atoms with E-state index in [1.165, 1.54) is 12.0 Å². The molecule has 1 heterocycles. The van der Waals surface area contributed by atoms with Crippen LogP contribution in [-0.4, -0.2) is 53.7 Å². The summed E-state index contributed by atoms with van der Waals surface area (Å²) in [5, 5.41) is 21.3. The van der Waals surface area contributed by atoms with Crippen LogP contribution in [0.4, 0.5) is 0 Å². The van der Waals surface area contributed by atoms with Crippen molar-refractivity contribution in [2.24, 2.45) is 46.3 Å². The number of rotatable bonds is 6. The average Bonchev–Trinajstić information content (AvgIpc) is 3.40. The molecular formula is C27H44O7S. The van der Waals surface area contributed by atoms with Crippen molar-refractivity contribution in [3.63, 3.8) is 0 Å². The van der Waals surface area contributed by atoms with Crippen LogP contribution in [0.2, 0.25) is 0 Å². The normalized spacial score (nSPS) is 50.2. The van der Waals surface area contributed by atoms with Crippen molar-refractivity contribution >= 4 is 10.4 Å². The minimum atomic E-state index is -4.75. The van der Waals surface area contributed by atoms with Crippen LogP contribution in [-0.2, 0) is 19.3 Å². The van der Waals surface area contributed by atoms with E-state index in [1.807, 2.05) is 0 Å². The van der Waals surface area contributed by atoms with Crippen LogP contribution in [0.3, 0.4) is 0 Å². The van der Waals surface area contributed by atoms with E-state index in [1.54, 1.807) is 0 Å². The first-order chi connectivity index (χ1) is 16.3. The first-order valence-corrected chi connectivity index (χ1v) is 15.0. The molecule has 200 valence electrons. The van der Waals surface area contributed by atoms with Gasteiger partial charge in [-0.3, -0.25) is 4.55 Å². The summed E-state index contributed by atoms with van der Waals surface area (Å²) in [6.07, 6.45) is 6.07. The highest BCUT2D eigenvalue weighted by Crippen LogP contribution is 2.67. The largest absolute Gasteiger partial charge is 0.397 e. The van der Waals surface area contributed by atoms with Crippen molar-refractivity contribution in [2.45, 2.75) is 110 Å². The van der Waals surface area contributed by atoms with E-state index < -0.39 is 34.1 Å². The molecule has 0 unspecified atom stereocenters. The van der Waals surface area contributed by atoms with Crippen LogP contribution in [0.1, 0.15) is 79.6 Å². The number of allylic oxidation sites excluding steroid dienone is 2. The zero-order valence-electron chi connectivity index (χ0n) is 21.8. The van der Waals surface area contributed by atoms with Gasteiger partial charge in [0.2, 0.25) is 0 Å². The highest BCUT2D eigenvalue weighted by atomic mass is 32.3. The van der Waals surface area contributed by atoms with Gasteiger partial charge in [0, 0.05) is 0 Å². The summed E-state index contributed by atoms with van der Waals surface area (Å²) in [5.41, 5.74) is 1.29. The van der Waals surface area contributed by atoms with E-state index in [9.17, 15) is 23.2 Å². The van der Waals surface area contributed by atoms with Crippen LogP contribution in [0, 0.1) is 46.3 Å². The first kappa shape index (κ1) is 26.1. The number of hydrogen-bond donors (Lipinski definition) is 3. The fourth-order valence-corrected chi connectivity index (χ4v) is 9.81. The number of aliphatic hydroxyl groups is 2. The van der Waals surface area contributed by atoms with Gasteiger partial charge in [-0.05, 0) is 91.3 Å². The lowest BCUT2D eigenvalue weighted by Crippen LogP contribution is -2.60. The Labute approximate surface area is 210 Å². The van der Waals surface area contributed by atoms with Gasteiger partial charge in [-0.1, -0.05) is 46.3 Å². The molecule has 0 aromatic heterocycles. The minimum absolute atomic E-state index is 0.217. The highest BCUT2D eigenvalue weighted by Gasteiger charge is 2.63. The quantitative estimate of drug-likeness (QED) is 0.278. The highest BCUT2D eigenvalue weighted by molar-refractivity contribution is 7.80. The van der Waals surface area contributed by atoms with Gasteiger partial charge in [0.1, 0.15) is 12.2 Å². The van der Waals surface area contributed by atoms with Crippen LogP contribution in [0.15, 0.2) is 11.6 Å². The molecule has 8 heteroatoms. The summed E-state index contributed by atoms with van der Waals surface area (Å²) < 4.78 is 43.6. The van der Waals surface area contributed by atoms with Gasteiger partial charge in [-0.15, -0.1) is 0 Å². The SMILES string of the molecule is CC(C)C[C@@H]1O[C@H]1[C@@H](C)[C@H]1CC[C@H]2C3=CC[C@H]4[C@H](OS(=O)(=O)O)[C@@H](O)[C@H](O)C[C@]4(C)[C@H]3CC[C@]12C. The minimum Gasteiger partial charge on any atom is -0.390 e. The Morgan fingerprint density at radius 2 is 1.80 bits per heavy atom. The van der Waals surface area contributed by atoms with E-state index >= 15 is 0 Å². The van der Waals surface area contributed by atoms with Gasteiger partial charge < -0.3 is 14.9 Å².